The smallest absolute Gasteiger partial charge is 0.156 e. The lowest BCUT2D eigenvalue weighted by molar-refractivity contribution is 0.0203. The van der Waals surface area contributed by atoms with Gasteiger partial charge in [0.2, 0.25) is 0 Å². The lowest BCUT2D eigenvalue weighted by Crippen LogP contribution is -2.46. The highest BCUT2D eigenvalue weighted by Crippen LogP contribution is 2.23. The largest absolute Gasteiger partial charge is 0.409 e. The van der Waals surface area contributed by atoms with E-state index in [2.05, 4.69) is 17.4 Å². The minimum atomic E-state index is -0.124. The molecule has 1 saturated heterocycles. The van der Waals surface area contributed by atoms with Gasteiger partial charge in [0.05, 0.1) is 11.6 Å². The maximum absolute atomic E-state index is 8.45. The molecule has 4 N–H and O–H groups in total. The molecule has 1 aliphatic rings. The molecule has 0 aromatic rings. The Kier molecular flexibility index (Phi) is 3.71. The summed E-state index contributed by atoms with van der Waals surface area (Å²) in [7, 11) is 0. The summed E-state index contributed by atoms with van der Waals surface area (Å²) in [5, 5.41) is 14.6. The summed E-state index contributed by atoms with van der Waals surface area (Å²) in [6.45, 7) is 5.49. The molecule has 2 unspecified atom stereocenters. The van der Waals surface area contributed by atoms with Crippen molar-refractivity contribution in [1.29, 1.82) is 0 Å². The van der Waals surface area contributed by atoms with Crippen molar-refractivity contribution in [2.75, 3.05) is 13.2 Å². The van der Waals surface area contributed by atoms with E-state index in [1.807, 2.05) is 6.92 Å². The van der Waals surface area contributed by atoms with Crippen LogP contribution in [0.15, 0.2) is 5.16 Å². The van der Waals surface area contributed by atoms with Gasteiger partial charge in [0.1, 0.15) is 0 Å². The van der Waals surface area contributed by atoms with Gasteiger partial charge < -0.3 is 21.0 Å². The molecule has 0 amide bonds. The van der Waals surface area contributed by atoms with E-state index in [0.717, 1.165) is 26.0 Å². The highest BCUT2D eigenvalue weighted by atomic mass is 16.5. The molecule has 0 bridgehead atoms. The SMILES string of the molecule is CC(NCC1(C)CCCO1)C(N)=NO. The van der Waals surface area contributed by atoms with Crippen LogP contribution in [0.1, 0.15) is 26.7 Å². The Balaban J connectivity index is 2.32. The number of nitrogens with two attached hydrogens (primary N) is 1. The van der Waals surface area contributed by atoms with Gasteiger partial charge in [-0.3, -0.25) is 0 Å². The van der Waals surface area contributed by atoms with Gasteiger partial charge in [0.15, 0.2) is 5.84 Å². The Morgan fingerprint density at radius 3 is 3.00 bits per heavy atom. The van der Waals surface area contributed by atoms with Crippen LogP contribution in [0.25, 0.3) is 0 Å². The molecule has 82 valence electrons. The first kappa shape index (κ1) is 11.3. The van der Waals surface area contributed by atoms with Gasteiger partial charge in [0, 0.05) is 13.2 Å². The van der Waals surface area contributed by atoms with E-state index < -0.39 is 0 Å². The molecule has 0 radical (unpaired) electrons. The number of ether oxygens (including phenoxy) is 1. The minimum Gasteiger partial charge on any atom is -0.409 e. The molecule has 0 aliphatic carbocycles. The maximum atomic E-state index is 8.45. The van der Waals surface area contributed by atoms with Crippen molar-refractivity contribution in [3.63, 3.8) is 0 Å². The zero-order chi connectivity index (χ0) is 10.6. The van der Waals surface area contributed by atoms with Crippen LogP contribution in [-0.2, 0) is 4.74 Å². The minimum absolute atomic E-state index is 0.0933. The van der Waals surface area contributed by atoms with Crippen LogP contribution in [0.3, 0.4) is 0 Å². The number of rotatable bonds is 4. The second-order valence-electron chi connectivity index (χ2n) is 4.03. The van der Waals surface area contributed by atoms with E-state index >= 15 is 0 Å². The lowest BCUT2D eigenvalue weighted by Gasteiger charge is -2.25. The van der Waals surface area contributed by atoms with E-state index in [4.69, 9.17) is 15.7 Å². The van der Waals surface area contributed by atoms with Crippen LogP contribution in [0, 0.1) is 0 Å². The Morgan fingerprint density at radius 2 is 2.50 bits per heavy atom. The fraction of sp³-hybridized carbons (Fsp3) is 0.889. The van der Waals surface area contributed by atoms with Crippen LogP contribution in [0.5, 0.6) is 0 Å². The molecule has 0 aromatic heterocycles. The molecular formula is C9H19N3O2. The second kappa shape index (κ2) is 4.61. The van der Waals surface area contributed by atoms with E-state index in [-0.39, 0.29) is 17.5 Å². The molecule has 0 saturated carbocycles. The predicted molar refractivity (Wildman–Crippen MR) is 54.5 cm³/mol. The monoisotopic (exact) mass is 201 g/mol. The number of amidine groups is 1. The first-order valence-electron chi connectivity index (χ1n) is 4.92. The third kappa shape index (κ3) is 2.85. The van der Waals surface area contributed by atoms with Gasteiger partial charge in [-0.15, -0.1) is 0 Å². The third-order valence-electron chi connectivity index (χ3n) is 2.64. The zero-order valence-electron chi connectivity index (χ0n) is 8.79. The first-order valence-corrected chi connectivity index (χ1v) is 4.92. The first-order chi connectivity index (χ1) is 6.57. The van der Waals surface area contributed by atoms with E-state index in [0.29, 0.717) is 0 Å². The molecule has 2 atom stereocenters. The quantitative estimate of drug-likeness (QED) is 0.264. The number of hydrogen-bond acceptors (Lipinski definition) is 4. The van der Waals surface area contributed by atoms with Crippen molar-refractivity contribution < 1.29 is 9.94 Å². The van der Waals surface area contributed by atoms with Crippen molar-refractivity contribution in [1.82, 2.24) is 5.32 Å². The molecular weight excluding hydrogens is 182 g/mol. The van der Waals surface area contributed by atoms with Gasteiger partial charge in [-0.2, -0.15) is 0 Å². The summed E-state index contributed by atoms with van der Waals surface area (Å²) >= 11 is 0. The van der Waals surface area contributed by atoms with Crippen LogP contribution >= 0.6 is 0 Å². The van der Waals surface area contributed by atoms with E-state index in [9.17, 15) is 0 Å². The fourth-order valence-corrected chi connectivity index (χ4v) is 1.54. The molecule has 0 spiro atoms. The molecule has 14 heavy (non-hydrogen) atoms. The number of oxime groups is 1. The van der Waals surface area contributed by atoms with Gasteiger partial charge in [-0.05, 0) is 26.7 Å². The highest BCUT2D eigenvalue weighted by molar-refractivity contribution is 5.84. The molecule has 1 rings (SSSR count). The predicted octanol–water partition coefficient (Wildman–Crippen LogP) is 0.280. The summed E-state index contributed by atoms with van der Waals surface area (Å²) in [5.41, 5.74) is 5.35. The molecule has 0 aromatic carbocycles. The van der Waals surface area contributed by atoms with Crippen molar-refractivity contribution in [3.05, 3.63) is 0 Å². The summed E-state index contributed by atoms with van der Waals surface area (Å²) in [6.07, 6.45) is 2.17. The number of hydrogen-bond donors (Lipinski definition) is 3. The molecule has 5 nitrogen and oxygen atoms in total. The second-order valence-corrected chi connectivity index (χ2v) is 4.03. The van der Waals surface area contributed by atoms with Crippen LogP contribution in [0.4, 0.5) is 0 Å². The van der Waals surface area contributed by atoms with Crippen LogP contribution in [-0.4, -0.2) is 35.8 Å². The maximum Gasteiger partial charge on any atom is 0.156 e. The highest BCUT2D eigenvalue weighted by Gasteiger charge is 2.29. The Bertz CT molecular complexity index is 212. The number of nitrogens with zero attached hydrogens (tertiary/aromatic N) is 1. The Morgan fingerprint density at radius 1 is 1.79 bits per heavy atom. The van der Waals surface area contributed by atoms with E-state index in [1.165, 1.54) is 0 Å². The summed E-state index contributed by atoms with van der Waals surface area (Å²) in [5.74, 6) is 0.201. The zero-order valence-corrected chi connectivity index (χ0v) is 8.79. The molecule has 1 heterocycles. The van der Waals surface area contributed by atoms with Crippen molar-refractivity contribution >= 4 is 5.84 Å². The Hall–Kier alpha value is -0.810. The van der Waals surface area contributed by atoms with Gasteiger partial charge in [-0.1, -0.05) is 5.16 Å². The van der Waals surface area contributed by atoms with Crippen molar-refractivity contribution in [2.24, 2.45) is 10.9 Å². The molecule has 1 fully saturated rings. The van der Waals surface area contributed by atoms with Crippen LogP contribution in [0.2, 0.25) is 0 Å². The summed E-state index contributed by atoms with van der Waals surface area (Å²) < 4.78 is 5.60. The average molecular weight is 201 g/mol. The van der Waals surface area contributed by atoms with Gasteiger partial charge in [0.25, 0.3) is 0 Å². The summed E-state index contributed by atoms with van der Waals surface area (Å²) in [6, 6.07) is -0.124. The fourth-order valence-electron chi connectivity index (χ4n) is 1.54. The van der Waals surface area contributed by atoms with Gasteiger partial charge in [-0.25, -0.2) is 0 Å². The molecule has 5 heteroatoms. The molecule has 1 aliphatic heterocycles. The van der Waals surface area contributed by atoms with Crippen molar-refractivity contribution in [3.8, 4) is 0 Å². The average Bonchev–Trinajstić information content (AvgIpc) is 2.61. The third-order valence-corrected chi connectivity index (χ3v) is 2.64. The lowest BCUT2D eigenvalue weighted by atomic mass is 10.0. The Labute approximate surface area is 84.3 Å². The standard InChI is InChI=1S/C9H19N3O2/c1-7(8(10)12-13)11-6-9(2)4-3-5-14-9/h7,11,13H,3-6H2,1-2H3,(H2,10,12). The number of nitrogens with one attached hydrogen (secondary N) is 1. The van der Waals surface area contributed by atoms with E-state index in [1.54, 1.807) is 0 Å². The normalized spacial score (nSPS) is 30.6. The van der Waals surface area contributed by atoms with Crippen LogP contribution < -0.4 is 11.1 Å². The van der Waals surface area contributed by atoms with Gasteiger partial charge >= 0.3 is 0 Å². The summed E-state index contributed by atoms with van der Waals surface area (Å²) in [4.78, 5) is 0. The topological polar surface area (TPSA) is 79.9 Å². The van der Waals surface area contributed by atoms with Crippen molar-refractivity contribution in [2.45, 2.75) is 38.3 Å².